The van der Waals surface area contributed by atoms with Gasteiger partial charge in [-0.1, -0.05) is 6.58 Å². The fourth-order valence-corrected chi connectivity index (χ4v) is 3.67. The number of halogens is 1. The van der Waals surface area contributed by atoms with Crippen molar-refractivity contribution in [2.45, 2.75) is 26.9 Å². The van der Waals surface area contributed by atoms with Crippen molar-refractivity contribution in [3.05, 3.63) is 66.4 Å². The van der Waals surface area contributed by atoms with Crippen LogP contribution in [0.2, 0.25) is 0 Å². The second-order valence-corrected chi connectivity index (χ2v) is 8.18. The highest BCUT2D eigenvalue weighted by atomic mass is 19.1. The number of amides is 1. The van der Waals surface area contributed by atoms with E-state index in [1.54, 1.807) is 50.8 Å². The van der Waals surface area contributed by atoms with Gasteiger partial charge in [-0.25, -0.2) is 14.2 Å². The summed E-state index contributed by atoms with van der Waals surface area (Å²) in [7, 11) is 1.79. The van der Waals surface area contributed by atoms with Crippen molar-refractivity contribution in [2.24, 2.45) is 7.05 Å². The van der Waals surface area contributed by atoms with Crippen molar-refractivity contribution < 1.29 is 18.7 Å². The van der Waals surface area contributed by atoms with Crippen LogP contribution < -0.4 is 5.32 Å². The Hall–Kier alpha value is -4.27. The van der Waals surface area contributed by atoms with Crippen molar-refractivity contribution in [1.29, 1.82) is 0 Å². The molecular weight excluding hydrogens is 437 g/mol. The molecule has 0 bridgehead atoms. The van der Waals surface area contributed by atoms with Gasteiger partial charge in [0.2, 0.25) is 5.91 Å². The first kappa shape index (κ1) is 22.9. The van der Waals surface area contributed by atoms with Crippen molar-refractivity contribution in [3.8, 4) is 22.4 Å². The van der Waals surface area contributed by atoms with Gasteiger partial charge in [-0.05, 0) is 50.6 Å². The number of esters is 1. The molecule has 4 aromatic rings. The molecule has 3 aromatic heterocycles. The molecule has 0 saturated heterocycles. The van der Waals surface area contributed by atoms with Crippen LogP contribution in [0.3, 0.4) is 0 Å². The number of anilines is 1. The molecule has 0 radical (unpaired) electrons. The van der Waals surface area contributed by atoms with Crippen LogP contribution in [0.1, 0.15) is 29.8 Å². The van der Waals surface area contributed by atoms with Gasteiger partial charge in [-0.3, -0.25) is 9.48 Å². The number of aromatic amines is 1. The number of rotatable bonds is 6. The van der Waals surface area contributed by atoms with E-state index in [1.807, 2.05) is 6.20 Å². The SMILES string of the molecule is C=CC(=O)Nc1cc(-c2c(-c3cnn(C)c3)[nH]c3ncc(C(=O)OC(C)C)cc23)cc(F)c1C. The van der Waals surface area contributed by atoms with Crippen LogP contribution in [0, 0.1) is 12.7 Å². The van der Waals surface area contributed by atoms with E-state index in [0.717, 1.165) is 11.6 Å². The van der Waals surface area contributed by atoms with E-state index in [0.29, 0.717) is 39.1 Å². The largest absolute Gasteiger partial charge is 0.459 e. The van der Waals surface area contributed by atoms with Gasteiger partial charge >= 0.3 is 5.97 Å². The Morgan fingerprint density at radius 1 is 1.24 bits per heavy atom. The van der Waals surface area contributed by atoms with E-state index in [-0.39, 0.29) is 11.7 Å². The third kappa shape index (κ3) is 4.32. The lowest BCUT2D eigenvalue weighted by Gasteiger charge is -2.12. The van der Waals surface area contributed by atoms with Gasteiger partial charge in [-0.15, -0.1) is 0 Å². The molecule has 2 N–H and O–H groups in total. The number of benzene rings is 1. The maximum absolute atomic E-state index is 15.0. The average molecular weight is 461 g/mol. The number of aromatic nitrogens is 4. The molecule has 0 atom stereocenters. The van der Waals surface area contributed by atoms with Crippen LogP contribution in [-0.2, 0) is 16.6 Å². The third-order valence-corrected chi connectivity index (χ3v) is 5.30. The van der Waals surface area contributed by atoms with Crippen molar-refractivity contribution >= 4 is 28.6 Å². The Morgan fingerprint density at radius 2 is 2.00 bits per heavy atom. The van der Waals surface area contributed by atoms with Crippen LogP contribution in [-0.4, -0.2) is 37.7 Å². The predicted molar refractivity (Wildman–Crippen MR) is 128 cm³/mol. The zero-order valence-electron chi connectivity index (χ0n) is 19.3. The van der Waals surface area contributed by atoms with Crippen LogP contribution in [0.25, 0.3) is 33.4 Å². The Bertz CT molecular complexity index is 1430. The molecule has 0 aliphatic rings. The average Bonchev–Trinajstić information content (AvgIpc) is 3.38. The topological polar surface area (TPSA) is 102 Å². The van der Waals surface area contributed by atoms with Crippen LogP contribution >= 0.6 is 0 Å². The summed E-state index contributed by atoms with van der Waals surface area (Å²) in [6.07, 6.45) is 5.75. The molecule has 0 fully saturated rings. The molecule has 1 aromatic carbocycles. The molecule has 34 heavy (non-hydrogen) atoms. The summed E-state index contributed by atoms with van der Waals surface area (Å²) in [5.41, 5.74) is 3.88. The number of hydrogen-bond acceptors (Lipinski definition) is 5. The summed E-state index contributed by atoms with van der Waals surface area (Å²) in [4.78, 5) is 32.1. The molecule has 1 amide bonds. The van der Waals surface area contributed by atoms with E-state index < -0.39 is 17.7 Å². The molecule has 0 saturated carbocycles. The number of ether oxygens (including phenoxy) is 1. The van der Waals surface area contributed by atoms with Crippen molar-refractivity contribution in [3.63, 3.8) is 0 Å². The maximum atomic E-state index is 15.0. The molecule has 0 aliphatic heterocycles. The summed E-state index contributed by atoms with van der Waals surface area (Å²) in [5, 5.41) is 7.49. The second kappa shape index (κ2) is 8.93. The number of fused-ring (bicyclic) bond motifs is 1. The highest BCUT2D eigenvalue weighted by Gasteiger charge is 2.21. The predicted octanol–water partition coefficient (Wildman–Crippen LogP) is 4.77. The van der Waals surface area contributed by atoms with Crippen LogP contribution in [0.5, 0.6) is 0 Å². The molecule has 9 heteroatoms. The molecule has 0 spiro atoms. The highest BCUT2D eigenvalue weighted by molar-refractivity contribution is 6.06. The molecule has 0 aliphatic carbocycles. The number of nitrogens with one attached hydrogen (secondary N) is 2. The molecule has 8 nitrogen and oxygen atoms in total. The third-order valence-electron chi connectivity index (χ3n) is 5.30. The number of nitrogens with zero attached hydrogens (tertiary/aromatic N) is 3. The van der Waals surface area contributed by atoms with Gasteiger partial charge in [-0.2, -0.15) is 5.10 Å². The number of H-pyrrole nitrogens is 1. The Labute approximate surface area is 195 Å². The Balaban J connectivity index is 1.98. The Kier molecular flexibility index (Phi) is 6.02. The molecule has 174 valence electrons. The summed E-state index contributed by atoms with van der Waals surface area (Å²) < 4.78 is 21.9. The summed E-state index contributed by atoms with van der Waals surface area (Å²) in [5.74, 6) is -1.45. The molecule has 3 heterocycles. The number of hydrogen-bond donors (Lipinski definition) is 2. The van der Waals surface area contributed by atoms with Gasteiger partial charge in [0, 0.05) is 47.2 Å². The lowest BCUT2D eigenvalue weighted by Crippen LogP contribution is -2.11. The number of carbonyl (C=O) groups excluding carboxylic acids is 2. The zero-order chi connectivity index (χ0) is 24.6. The van der Waals surface area contributed by atoms with Crippen LogP contribution in [0.4, 0.5) is 10.1 Å². The summed E-state index contributed by atoms with van der Waals surface area (Å²) in [6, 6.07) is 4.74. The fraction of sp³-hybridized carbons (Fsp3) is 0.200. The minimum atomic E-state index is -0.506. The van der Waals surface area contributed by atoms with E-state index in [4.69, 9.17) is 4.74 Å². The monoisotopic (exact) mass is 461 g/mol. The van der Waals surface area contributed by atoms with Crippen LogP contribution in [0.15, 0.2) is 49.4 Å². The lowest BCUT2D eigenvalue weighted by atomic mass is 9.97. The minimum absolute atomic E-state index is 0.270. The van der Waals surface area contributed by atoms with E-state index in [2.05, 4.69) is 27.0 Å². The zero-order valence-corrected chi connectivity index (χ0v) is 19.3. The number of aryl methyl sites for hydroxylation is 1. The van der Waals surface area contributed by atoms with Gasteiger partial charge in [0.05, 0.1) is 23.6 Å². The van der Waals surface area contributed by atoms with Crippen molar-refractivity contribution in [2.75, 3.05) is 5.32 Å². The maximum Gasteiger partial charge on any atom is 0.339 e. The van der Waals surface area contributed by atoms with Gasteiger partial charge in [0.25, 0.3) is 0 Å². The first-order chi connectivity index (χ1) is 16.2. The van der Waals surface area contributed by atoms with E-state index in [1.165, 1.54) is 12.3 Å². The number of carbonyl (C=O) groups is 2. The lowest BCUT2D eigenvalue weighted by molar-refractivity contribution is -0.111. The first-order valence-electron chi connectivity index (χ1n) is 10.6. The second-order valence-electron chi connectivity index (χ2n) is 8.18. The van der Waals surface area contributed by atoms with Gasteiger partial charge < -0.3 is 15.0 Å². The Morgan fingerprint density at radius 3 is 2.65 bits per heavy atom. The van der Waals surface area contributed by atoms with Gasteiger partial charge in [0.1, 0.15) is 11.5 Å². The standard InChI is InChI=1S/C25H24FN5O3/c1-6-21(32)29-20-9-15(8-19(26)14(20)4)22-18-7-16(25(33)34-13(2)3)10-27-24(18)30-23(22)17-11-28-31(5)12-17/h6-13H,1H2,2-5H3,(H,27,30)(H,29,32). The smallest absolute Gasteiger partial charge is 0.339 e. The summed E-state index contributed by atoms with van der Waals surface area (Å²) in [6.45, 7) is 8.56. The molecule has 0 unspecified atom stereocenters. The normalized spacial score (nSPS) is 11.1. The molecular formula is C25H24FN5O3. The van der Waals surface area contributed by atoms with E-state index >= 15 is 0 Å². The van der Waals surface area contributed by atoms with Gasteiger partial charge in [0.15, 0.2) is 0 Å². The first-order valence-corrected chi connectivity index (χ1v) is 10.6. The highest BCUT2D eigenvalue weighted by Crippen LogP contribution is 2.40. The fourth-order valence-electron chi connectivity index (χ4n) is 3.67. The quantitative estimate of drug-likeness (QED) is 0.318. The van der Waals surface area contributed by atoms with E-state index in [9.17, 15) is 14.0 Å². The molecule has 4 rings (SSSR count). The minimum Gasteiger partial charge on any atom is -0.459 e. The summed E-state index contributed by atoms with van der Waals surface area (Å²) >= 11 is 0. The van der Waals surface area contributed by atoms with Crippen molar-refractivity contribution in [1.82, 2.24) is 19.7 Å². The number of pyridine rings is 1.